The van der Waals surface area contributed by atoms with E-state index in [0.717, 1.165) is 5.57 Å². The van der Waals surface area contributed by atoms with Gasteiger partial charge >= 0.3 is 0 Å². The van der Waals surface area contributed by atoms with Crippen LogP contribution in [0.25, 0.3) is 0 Å². The third-order valence-electron chi connectivity index (χ3n) is 1.19. The Morgan fingerprint density at radius 2 is 2.22 bits per heavy atom. The second-order valence-corrected chi connectivity index (χ2v) is 2.22. The molecule has 1 rings (SSSR count). The zero-order valence-electron chi connectivity index (χ0n) is 5.11. The van der Waals surface area contributed by atoms with E-state index in [-0.39, 0.29) is 5.78 Å². The molecule has 1 aliphatic rings. The Labute approximate surface area is 54.1 Å². The summed E-state index contributed by atoms with van der Waals surface area (Å²) in [4.78, 5) is 10.7. The van der Waals surface area contributed by atoms with Crippen molar-refractivity contribution in [1.82, 2.24) is 0 Å². The van der Waals surface area contributed by atoms with Gasteiger partial charge in [0.1, 0.15) is 5.78 Å². The summed E-state index contributed by atoms with van der Waals surface area (Å²) in [7, 11) is 0. The second kappa shape index (κ2) is 2.13. The van der Waals surface area contributed by atoms with Gasteiger partial charge in [-0.15, -0.1) is 0 Å². The molecular weight excluding hydrogens is 114 g/mol. The van der Waals surface area contributed by atoms with E-state index in [1.165, 1.54) is 0 Å². The van der Waals surface area contributed by atoms with Crippen molar-refractivity contribution in [3.63, 3.8) is 0 Å². The van der Waals surface area contributed by atoms with Crippen LogP contribution in [0.5, 0.6) is 0 Å². The molecule has 0 heterocycles. The maximum atomic E-state index is 10.7. The number of nitrogens with one attached hydrogen (secondary N) is 1. The van der Waals surface area contributed by atoms with Crippen LogP contribution in [0.3, 0.4) is 0 Å². The molecule has 0 saturated heterocycles. The van der Waals surface area contributed by atoms with Crippen LogP contribution in [0.4, 0.5) is 0 Å². The van der Waals surface area contributed by atoms with Crippen LogP contribution >= 0.6 is 0 Å². The first-order valence-electron chi connectivity index (χ1n) is 2.80. The number of rotatable bonds is 0. The second-order valence-electron chi connectivity index (χ2n) is 2.22. The van der Waals surface area contributed by atoms with E-state index in [1.54, 1.807) is 6.08 Å². The number of hydrogen-bond donors (Lipinski definition) is 1. The van der Waals surface area contributed by atoms with Gasteiger partial charge in [0.15, 0.2) is 0 Å². The monoisotopic (exact) mass is 122 g/mol. The highest BCUT2D eigenvalue weighted by Gasteiger charge is 2.10. The summed E-state index contributed by atoms with van der Waals surface area (Å²) in [5.74, 6) is 0.104. The van der Waals surface area contributed by atoms with Crippen molar-refractivity contribution in [1.29, 1.82) is 5.41 Å². The fourth-order valence-electron chi connectivity index (χ4n) is 0.877. The average molecular weight is 122 g/mol. The molecule has 0 aromatic rings. The fraction of sp³-hybridized carbons (Fsp3) is 0.286. The van der Waals surface area contributed by atoms with Crippen molar-refractivity contribution in [2.24, 2.45) is 0 Å². The lowest BCUT2D eigenvalue weighted by molar-refractivity contribution is -0.117. The molecule has 2 heteroatoms. The Bertz CT molecular complexity index is 191. The zero-order chi connectivity index (χ0) is 6.85. The molecular formula is C7H8NO. The van der Waals surface area contributed by atoms with Gasteiger partial charge in [-0.1, -0.05) is 5.57 Å². The zero-order valence-corrected chi connectivity index (χ0v) is 5.11. The molecule has 0 amide bonds. The number of allylic oxidation sites excluding steroid dienone is 2. The first-order valence-corrected chi connectivity index (χ1v) is 2.80. The highest BCUT2D eigenvalue weighted by atomic mass is 16.1. The summed E-state index contributed by atoms with van der Waals surface area (Å²) < 4.78 is 0. The summed E-state index contributed by atoms with van der Waals surface area (Å²) in [6.45, 7) is 3.60. The number of carbonyl (C=O) groups is 1. The Hall–Kier alpha value is -0.920. The normalized spacial score (nSPS) is 19.9. The first kappa shape index (κ1) is 6.20. The van der Waals surface area contributed by atoms with Crippen molar-refractivity contribution in [2.45, 2.75) is 12.8 Å². The lowest BCUT2D eigenvalue weighted by Crippen LogP contribution is -2.11. The van der Waals surface area contributed by atoms with E-state index in [1.807, 2.05) is 0 Å². The SMILES string of the molecule is [CH2]C1=CC(=N)CC(=O)C1. The molecule has 0 atom stereocenters. The molecule has 1 radical (unpaired) electrons. The topological polar surface area (TPSA) is 40.9 Å². The molecule has 0 aliphatic heterocycles. The predicted octanol–water partition coefficient (Wildman–Crippen LogP) is 1.13. The van der Waals surface area contributed by atoms with E-state index in [4.69, 9.17) is 5.41 Å². The smallest absolute Gasteiger partial charge is 0.142 e. The molecule has 1 aliphatic carbocycles. The first-order chi connectivity index (χ1) is 4.18. The maximum absolute atomic E-state index is 10.7. The highest BCUT2D eigenvalue weighted by molar-refractivity contribution is 6.09. The molecule has 9 heavy (non-hydrogen) atoms. The van der Waals surface area contributed by atoms with E-state index in [2.05, 4.69) is 6.92 Å². The molecule has 0 bridgehead atoms. The van der Waals surface area contributed by atoms with Crippen molar-refractivity contribution in [3.05, 3.63) is 18.6 Å². The van der Waals surface area contributed by atoms with Crippen molar-refractivity contribution in [2.75, 3.05) is 0 Å². The van der Waals surface area contributed by atoms with Gasteiger partial charge in [-0.3, -0.25) is 4.79 Å². The molecule has 0 spiro atoms. The van der Waals surface area contributed by atoms with E-state index in [9.17, 15) is 4.79 Å². The van der Waals surface area contributed by atoms with Gasteiger partial charge in [0, 0.05) is 18.6 Å². The van der Waals surface area contributed by atoms with Crippen LogP contribution < -0.4 is 0 Å². The Kier molecular flexibility index (Phi) is 1.47. The van der Waals surface area contributed by atoms with Crippen LogP contribution in [0, 0.1) is 12.3 Å². The van der Waals surface area contributed by atoms with E-state index >= 15 is 0 Å². The van der Waals surface area contributed by atoms with Crippen LogP contribution in [0.1, 0.15) is 12.8 Å². The number of hydrogen-bond acceptors (Lipinski definition) is 2. The minimum atomic E-state index is 0.104. The van der Waals surface area contributed by atoms with Crippen LogP contribution in [-0.4, -0.2) is 11.5 Å². The van der Waals surface area contributed by atoms with Gasteiger partial charge in [0.2, 0.25) is 0 Å². The third-order valence-corrected chi connectivity index (χ3v) is 1.19. The number of carbonyl (C=O) groups excluding carboxylic acids is 1. The van der Waals surface area contributed by atoms with E-state index in [0.29, 0.717) is 18.6 Å². The van der Waals surface area contributed by atoms with Gasteiger partial charge in [0.05, 0.1) is 0 Å². The van der Waals surface area contributed by atoms with Crippen LogP contribution in [0.15, 0.2) is 11.6 Å². The Morgan fingerprint density at radius 3 is 2.67 bits per heavy atom. The van der Waals surface area contributed by atoms with Crippen LogP contribution in [0.2, 0.25) is 0 Å². The Balaban J connectivity index is 2.79. The quantitative estimate of drug-likeness (QED) is 0.514. The molecule has 0 saturated carbocycles. The molecule has 1 N–H and O–H groups in total. The Morgan fingerprint density at radius 1 is 1.56 bits per heavy atom. The highest BCUT2D eigenvalue weighted by Crippen LogP contribution is 2.09. The minimum Gasteiger partial charge on any atom is -0.305 e. The van der Waals surface area contributed by atoms with Gasteiger partial charge in [-0.05, 0) is 13.0 Å². The standard InChI is InChI=1S/C7H8NO/c1-5-2-6(8)4-7(9)3-5/h2,8H,1,3-4H2. The van der Waals surface area contributed by atoms with E-state index < -0.39 is 0 Å². The van der Waals surface area contributed by atoms with Gasteiger partial charge < -0.3 is 5.41 Å². The molecule has 2 nitrogen and oxygen atoms in total. The molecule has 47 valence electrons. The molecule has 0 fully saturated rings. The minimum absolute atomic E-state index is 0.104. The molecule has 0 aromatic heterocycles. The summed E-state index contributed by atoms with van der Waals surface area (Å²) in [5.41, 5.74) is 1.15. The van der Waals surface area contributed by atoms with Crippen molar-refractivity contribution in [3.8, 4) is 0 Å². The lowest BCUT2D eigenvalue weighted by atomic mass is 9.98. The summed E-state index contributed by atoms with van der Waals surface area (Å²) in [6.07, 6.45) is 2.38. The molecule has 0 aromatic carbocycles. The van der Waals surface area contributed by atoms with Crippen molar-refractivity contribution >= 4 is 11.5 Å². The summed E-state index contributed by atoms with van der Waals surface area (Å²) in [6, 6.07) is 0. The van der Waals surface area contributed by atoms with Gasteiger partial charge in [0.25, 0.3) is 0 Å². The third kappa shape index (κ3) is 1.49. The van der Waals surface area contributed by atoms with Crippen LogP contribution in [-0.2, 0) is 4.79 Å². The van der Waals surface area contributed by atoms with Gasteiger partial charge in [-0.2, -0.15) is 0 Å². The van der Waals surface area contributed by atoms with Gasteiger partial charge in [-0.25, -0.2) is 0 Å². The predicted molar refractivity (Wildman–Crippen MR) is 35.4 cm³/mol. The fourth-order valence-corrected chi connectivity index (χ4v) is 0.877. The summed E-state index contributed by atoms with van der Waals surface area (Å²) in [5, 5.41) is 7.11. The lowest BCUT2D eigenvalue weighted by Gasteiger charge is -2.06. The maximum Gasteiger partial charge on any atom is 0.142 e. The van der Waals surface area contributed by atoms with Crippen molar-refractivity contribution < 1.29 is 4.79 Å². The average Bonchev–Trinajstić information content (AvgIpc) is 1.59. The number of Topliss-reactive ketones (excluding diaryl/α,β-unsaturated/α-hetero) is 1. The summed E-state index contributed by atoms with van der Waals surface area (Å²) >= 11 is 0. The largest absolute Gasteiger partial charge is 0.305 e. The molecule has 0 unspecified atom stereocenters. The number of ketones is 1.